The van der Waals surface area contributed by atoms with Gasteiger partial charge < -0.3 is 5.32 Å². The first-order valence-electron chi connectivity index (χ1n) is 9.41. The summed E-state index contributed by atoms with van der Waals surface area (Å²) in [4.78, 5) is 0. The van der Waals surface area contributed by atoms with Crippen LogP contribution in [-0.4, -0.2) is 11.6 Å². The van der Waals surface area contributed by atoms with Crippen LogP contribution in [0.15, 0.2) is 36.0 Å². The van der Waals surface area contributed by atoms with Gasteiger partial charge in [-0.15, -0.1) is 0 Å². The van der Waals surface area contributed by atoms with Gasteiger partial charge in [-0.1, -0.05) is 50.6 Å². The molecule has 0 aromatic rings. The molecule has 0 radical (unpaired) electrons. The summed E-state index contributed by atoms with van der Waals surface area (Å²) in [6.45, 7) is 7.33. The summed E-state index contributed by atoms with van der Waals surface area (Å²) in [5.41, 5.74) is 1.94. The first-order valence-corrected chi connectivity index (χ1v) is 9.41. The summed E-state index contributed by atoms with van der Waals surface area (Å²) < 4.78 is 0. The van der Waals surface area contributed by atoms with Crippen molar-refractivity contribution in [3.05, 3.63) is 36.0 Å². The Morgan fingerprint density at radius 3 is 2.91 bits per heavy atom. The molecule has 0 bridgehead atoms. The van der Waals surface area contributed by atoms with Gasteiger partial charge in [-0.2, -0.15) is 0 Å². The van der Waals surface area contributed by atoms with Crippen molar-refractivity contribution in [2.75, 3.05) is 0 Å². The number of fused-ring (bicyclic) bond motifs is 3. The van der Waals surface area contributed by atoms with Crippen LogP contribution in [0.4, 0.5) is 0 Å². The van der Waals surface area contributed by atoms with Gasteiger partial charge in [0.05, 0.1) is 0 Å². The van der Waals surface area contributed by atoms with Gasteiger partial charge in [0.25, 0.3) is 0 Å². The fraction of sp³-hybridized carbons (Fsp3) is 0.714. The molecule has 0 aromatic heterocycles. The van der Waals surface area contributed by atoms with Crippen LogP contribution < -0.4 is 5.32 Å². The van der Waals surface area contributed by atoms with Gasteiger partial charge in [0.2, 0.25) is 0 Å². The molecule has 1 N–H and O–H groups in total. The lowest BCUT2D eigenvalue weighted by Gasteiger charge is -2.35. The Hall–Kier alpha value is -0.820. The summed E-state index contributed by atoms with van der Waals surface area (Å²) in [5.74, 6) is 3.88. The molecule has 0 aromatic carbocycles. The molecule has 7 atom stereocenters. The molecule has 1 saturated heterocycles. The van der Waals surface area contributed by atoms with E-state index in [1.165, 1.54) is 32.1 Å². The number of rotatable bonds is 1. The number of hydrogen-bond donors (Lipinski definition) is 1. The Labute approximate surface area is 135 Å². The Balaban J connectivity index is 1.58. The maximum Gasteiger partial charge on any atom is 0.0330 e. The third kappa shape index (κ3) is 2.33. The molecule has 1 aliphatic heterocycles. The minimum atomic E-state index is 0.311. The number of allylic oxidation sites excluding steroid dienone is 3. The summed E-state index contributed by atoms with van der Waals surface area (Å²) in [6, 6.07) is 0.558. The van der Waals surface area contributed by atoms with Crippen molar-refractivity contribution in [3.8, 4) is 0 Å². The Bertz CT molecular complexity index is 528. The highest BCUT2D eigenvalue weighted by atomic mass is 15.1. The van der Waals surface area contributed by atoms with Crippen molar-refractivity contribution in [1.29, 1.82) is 0 Å². The molecule has 3 aliphatic carbocycles. The third-order valence-corrected chi connectivity index (χ3v) is 7.00. The first kappa shape index (κ1) is 14.8. The SMILES string of the molecule is CC1CCC(C)C(C2=CC3NC4(C)CCC=CC4C3C=C2)C1. The zero-order valence-electron chi connectivity index (χ0n) is 14.4. The number of nitrogens with one attached hydrogen (secondary N) is 1. The molecule has 0 amide bonds. The van der Waals surface area contributed by atoms with E-state index in [9.17, 15) is 0 Å². The zero-order valence-corrected chi connectivity index (χ0v) is 14.4. The van der Waals surface area contributed by atoms with E-state index >= 15 is 0 Å². The van der Waals surface area contributed by atoms with Gasteiger partial charge >= 0.3 is 0 Å². The second kappa shape index (κ2) is 5.37. The predicted molar refractivity (Wildman–Crippen MR) is 93.6 cm³/mol. The first-order chi connectivity index (χ1) is 10.6. The van der Waals surface area contributed by atoms with Gasteiger partial charge in [-0.3, -0.25) is 0 Å². The van der Waals surface area contributed by atoms with Crippen LogP contribution >= 0.6 is 0 Å². The summed E-state index contributed by atoms with van der Waals surface area (Å²) in [5, 5.41) is 3.99. The van der Waals surface area contributed by atoms with Gasteiger partial charge in [-0.25, -0.2) is 0 Å². The molecular weight excluding hydrogens is 266 g/mol. The van der Waals surface area contributed by atoms with E-state index in [4.69, 9.17) is 0 Å². The molecule has 1 saturated carbocycles. The van der Waals surface area contributed by atoms with Crippen molar-refractivity contribution in [3.63, 3.8) is 0 Å². The molecule has 0 spiro atoms. The van der Waals surface area contributed by atoms with E-state index in [1.807, 2.05) is 0 Å². The van der Waals surface area contributed by atoms with Crippen molar-refractivity contribution >= 4 is 0 Å². The quantitative estimate of drug-likeness (QED) is 0.681. The zero-order chi connectivity index (χ0) is 15.3. The van der Waals surface area contributed by atoms with Crippen molar-refractivity contribution in [2.24, 2.45) is 29.6 Å². The van der Waals surface area contributed by atoms with E-state index in [2.05, 4.69) is 56.5 Å². The standard InChI is InChI=1S/C21H31N/c1-14-7-8-15(2)18(12-14)16-9-10-17-19-6-4-5-11-21(19,3)22-20(17)13-16/h4,6,9-10,13-15,17-20,22H,5,7-8,11-12H2,1-3H3. The van der Waals surface area contributed by atoms with Gasteiger partial charge in [0, 0.05) is 23.4 Å². The smallest absolute Gasteiger partial charge is 0.0330 e. The average molecular weight is 297 g/mol. The normalized spacial score (nSPS) is 50.4. The van der Waals surface area contributed by atoms with E-state index in [0.29, 0.717) is 23.4 Å². The monoisotopic (exact) mass is 297 g/mol. The summed E-state index contributed by atoms with van der Waals surface area (Å²) in [7, 11) is 0. The van der Waals surface area contributed by atoms with Crippen LogP contribution in [0.5, 0.6) is 0 Å². The topological polar surface area (TPSA) is 12.0 Å². The van der Waals surface area contributed by atoms with Crippen LogP contribution in [-0.2, 0) is 0 Å². The molecule has 1 nitrogen and oxygen atoms in total. The molecule has 4 rings (SSSR count). The second-order valence-electron chi connectivity index (χ2n) is 8.69. The van der Waals surface area contributed by atoms with E-state index in [0.717, 1.165) is 17.8 Å². The highest BCUT2D eigenvalue weighted by Crippen LogP contribution is 2.46. The van der Waals surface area contributed by atoms with E-state index < -0.39 is 0 Å². The van der Waals surface area contributed by atoms with Crippen LogP contribution in [0.3, 0.4) is 0 Å². The fourth-order valence-corrected chi connectivity index (χ4v) is 5.55. The molecule has 1 heteroatoms. The van der Waals surface area contributed by atoms with Gasteiger partial charge in [-0.05, 0) is 55.9 Å². The summed E-state index contributed by atoms with van der Waals surface area (Å²) in [6.07, 6.45) is 19.2. The van der Waals surface area contributed by atoms with Crippen LogP contribution in [0.25, 0.3) is 0 Å². The Kier molecular flexibility index (Phi) is 3.60. The maximum absolute atomic E-state index is 3.99. The average Bonchev–Trinajstić information content (AvgIpc) is 2.80. The molecule has 4 aliphatic rings. The van der Waals surface area contributed by atoms with Crippen LogP contribution in [0.1, 0.15) is 52.9 Å². The predicted octanol–water partition coefficient (Wildman–Crippen LogP) is 4.87. The molecule has 2 fully saturated rings. The fourth-order valence-electron chi connectivity index (χ4n) is 5.55. The highest BCUT2D eigenvalue weighted by molar-refractivity contribution is 5.35. The molecule has 1 heterocycles. The van der Waals surface area contributed by atoms with Gasteiger partial charge in [0.1, 0.15) is 0 Å². The van der Waals surface area contributed by atoms with E-state index in [1.54, 1.807) is 5.57 Å². The lowest BCUT2D eigenvalue weighted by Crippen LogP contribution is -2.44. The minimum absolute atomic E-state index is 0.311. The summed E-state index contributed by atoms with van der Waals surface area (Å²) >= 11 is 0. The van der Waals surface area contributed by atoms with Crippen LogP contribution in [0.2, 0.25) is 0 Å². The maximum atomic E-state index is 3.99. The highest BCUT2D eigenvalue weighted by Gasteiger charge is 2.49. The lowest BCUT2D eigenvalue weighted by molar-refractivity contribution is 0.235. The van der Waals surface area contributed by atoms with Crippen molar-refractivity contribution < 1.29 is 0 Å². The molecular formula is C21H31N. The second-order valence-corrected chi connectivity index (χ2v) is 8.69. The number of hydrogen-bond acceptors (Lipinski definition) is 1. The van der Waals surface area contributed by atoms with E-state index in [-0.39, 0.29) is 0 Å². The molecule has 120 valence electrons. The Morgan fingerprint density at radius 1 is 1.18 bits per heavy atom. The minimum Gasteiger partial charge on any atom is -0.304 e. The lowest BCUT2D eigenvalue weighted by atomic mass is 9.69. The van der Waals surface area contributed by atoms with Crippen molar-refractivity contribution in [2.45, 2.75) is 64.5 Å². The third-order valence-electron chi connectivity index (χ3n) is 7.00. The molecule has 7 unspecified atom stereocenters. The largest absolute Gasteiger partial charge is 0.304 e. The Morgan fingerprint density at radius 2 is 2.05 bits per heavy atom. The molecule has 22 heavy (non-hydrogen) atoms. The van der Waals surface area contributed by atoms with Gasteiger partial charge in [0.15, 0.2) is 0 Å². The van der Waals surface area contributed by atoms with Crippen molar-refractivity contribution in [1.82, 2.24) is 5.32 Å². The van der Waals surface area contributed by atoms with Crippen LogP contribution in [0, 0.1) is 29.6 Å².